The molecule has 3 rings (SSSR count). The maximum Gasteiger partial charge on any atom is 0.335 e. The quantitative estimate of drug-likeness (QED) is 0.801. The summed E-state index contributed by atoms with van der Waals surface area (Å²) in [6, 6.07) is 11.2. The lowest BCUT2D eigenvalue weighted by Gasteiger charge is -2.17. The molecule has 2 N–H and O–H groups in total. The van der Waals surface area contributed by atoms with E-state index in [0.29, 0.717) is 22.6 Å². The summed E-state index contributed by atoms with van der Waals surface area (Å²) in [7, 11) is 1.49. The van der Waals surface area contributed by atoms with E-state index in [1.165, 1.54) is 19.2 Å². The van der Waals surface area contributed by atoms with Crippen LogP contribution < -0.4 is 10.1 Å². The van der Waals surface area contributed by atoms with E-state index >= 15 is 0 Å². The van der Waals surface area contributed by atoms with Crippen LogP contribution in [0.4, 0.5) is 5.69 Å². The van der Waals surface area contributed by atoms with Crippen LogP contribution in [0.25, 0.3) is 0 Å². The Morgan fingerprint density at radius 2 is 1.82 bits per heavy atom. The Morgan fingerprint density at radius 1 is 1.07 bits per heavy atom. The normalized spacial score (nSPS) is 13.2. The molecule has 0 atom stereocenters. The second-order valence-corrected chi connectivity index (χ2v) is 6.64. The Balaban J connectivity index is 1.75. The number of nitrogens with zero attached hydrogens (tertiary/aromatic N) is 1. The van der Waals surface area contributed by atoms with Crippen molar-refractivity contribution in [2.75, 3.05) is 25.5 Å². The number of carbonyl (C=O) groups is 3. The number of carbonyl (C=O) groups excluding carboxylic acids is 2. The summed E-state index contributed by atoms with van der Waals surface area (Å²) >= 11 is 0. The summed E-state index contributed by atoms with van der Waals surface area (Å²) < 4.78 is 5.29. The number of anilines is 1. The summed E-state index contributed by atoms with van der Waals surface area (Å²) in [5.41, 5.74) is 1.61. The van der Waals surface area contributed by atoms with Crippen LogP contribution in [0.2, 0.25) is 0 Å². The monoisotopic (exact) mass is 382 g/mol. The number of likely N-dealkylation sites (tertiary alicyclic amines) is 1. The van der Waals surface area contributed by atoms with E-state index in [2.05, 4.69) is 5.32 Å². The fourth-order valence-electron chi connectivity index (χ4n) is 3.24. The molecule has 0 bridgehead atoms. The van der Waals surface area contributed by atoms with Crippen molar-refractivity contribution in [3.8, 4) is 5.75 Å². The Bertz CT molecular complexity index is 903. The van der Waals surface area contributed by atoms with Gasteiger partial charge in [0.25, 0.3) is 5.91 Å². The fourth-order valence-corrected chi connectivity index (χ4v) is 3.24. The predicted molar refractivity (Wildman–Crippen MR) is 104 cm³/mol. The lowest BCUT2D eigenvalue weighted by molar-refractivity contribution is -0.115. The maximum absolute atomic E-state index is 12.6. The Morgan fingerprint density at radius 3 is 2.50 bits per heavy atom. The van der Waals surface area contributed by atoms with E-state index in [1.54, 1.807) is 35.2 Å². The summed E-state index contributed by atoms with van der Waals surface area (Å²) in [5, 5.41) is 11.8. The van der Waals surface area contributed by atoms with Crippen molar-refractivity contribution >= 4 is 23.5 Å². The Labute approximate surface area is 162 Å². The molecule has 2 aromatic carbocycles. The minimum absolute atomic E-state index is 0.00851. The van der Waals surface area contributed by atoms with Crippen LogP contribution in [0, 0.1) is 0 Å². The van der Waals surface area contributed by atoms with Gasteiger partial charge in [-0.1, -0.05) is 12.1 Å². The molecule has 28 heavy (non-hydrogen) atoms. The highest BCUT2D eigenvalue weighted by Crippen LogP contribution is 2.27. The highest BCUT2D eigenvalue weighted by molar-refractivity contribution is 5.99. The molecule has 1 aliphatic rings. The van der Waals surface area contributed by atoms with Crippen molar-refractivity contribution in [3.63, 3.8) is 0 Å². The largest absolute Gasteiger partial charge is 0.495 e. The van der Waals surface area contributed by atoms with E-state index in [1.807, 2.05) is 0 Å². The fraction of sp³-hybridized carbons (Fsp3) is 0.286. The zero-order chi connectivity index (χ0) is 20.1. The summed E-state index contributed by atoms with van der Waals surface area (Å²) in [4.78, 5) is 37.9. The van der Waals surface area contributed by atoms with Gasteiger partial charge in [-0.15, -0.1) is 0 Å². The van der Waals surface area contributed by atoms with Crippen molar-refractivity contribution in [3.05, 3.63) is 59.2 Å². The number of aromatic carboxylic acids is 1. The minimum Gasteiger partial charge on any atom is -0.495 e. The van der Waals surface area contributed by atoms with Gasteiger partial charge < -0.3 is 20.1 Å². The van der Waals surface area contributed by atoms with Crippen molar-refractivity contribution in [2.24, 2.45) is 0 Å². The van der Waals surface area contributed by atoms with Gasteiger partial charge in [0, 0.05) is 18.7 Å². The highest BCUT2D eigenvalue weighted by atomic mass is 16.5. The van der Waals surface area contributed by atoms with Gasteiger partial charge in [-0.25, -0.2) is 4.79 Å². The number of benzene rings is 2. The average Bonchev–Trinajstić information content (AvgIpc) is 3.22. The smallest absolute Gasteiger partial charge is 0.335 e. The van der Waals surface area contributed by atoms with Gasteiger partial charge >= 0.3 is 5.97 Å². The maximum atomic E-state index is 12.6. The minimum atomic E-state index is -1.04. The molecule has 146 valence electrons. The molecule has 1 aliphatic heterocycles. The topological polar surface area (TPSA) is 95.9 Å². The SMILES string of the molecule is COc1ccc(C(=O)N2CCCC2)cc1NC(=O)Cc1cccc(C(=O)O)c1. The van der Waals surface area contributed by atoms with Crippen LogP contribution in [0.5, 0.6) is 5.75 Å². The molecular formula is C21H22N2O5. The first-order valence-electron chi connectivity index (χ1n) is 9.07. The van der Waals surface area contributed by atoms with Crippen LogP contribution in [-0.2, 0) is 11.2 Å². The predicted octanol–water partition coefficient (Wildman–Crippen LogP) is 2.81. The van der Waals surface area contributed by atoms with E-state index in [-0.39, 0.29) is 23.8 Å². The number of carboxylic acid groups (broad SMARTS) is 1. The second-order valence-electron chi connectivity index (χ2n) is 6.64. The number of nitrogens with one attached hydrogen (secondary N) is 1. The third-order valence-corrected chi connectivity index (χ3v) is 4.65. The van der Waals surface area contributed by atoms with Gasteiger partial charge in [-0.3, -0.25) is 9.59 Å². The molecule has 7 nitrogen and oxygen atoms in total. The molecule has 0 aromatic heterocycles. The molecular weight excluding hydrogens is 360 g/mol. The third-order valence-electron chi connectivity index (χ3n) is 4.65. The number of methoxy groups -OCH3 is 1. The molecule has 1 fully saturated rings. The zero-order valence-corrected chi connectivity index (χ0v) is 15.6. The molecule has 7 heteroatoms. The molecule has 2 amide bonds. The number of ether oxygens (including phenoxy) is 1. The highest BCUT2D eigenvalue weighted by Gasteiger charge is 2.21. The summed E-state index contributed by atoms with van der Waals surface area (Å²) in [5.74, 6) is -0.987. The first-order chi connectivity index (χ1) is 13.5. The molecule has 0 unspecified atom stereocenters. The van der Waals surface area contributed by atoms with Crippen LogP contribution in [0.15, 0.2) is 42.5 Å². The number of hydrogen-bond donors (Lipinski definition) is 2. The lowest BCUT2D eigenvalue weighted by Crippen LogP contribution is -2.27. The van der Waals surface area contributed by atoms with E-state index in [4.69, 9.17) is 9.84 Å². The molecule has 1 heterocycles. The molecule has 0 radical (unpaired) electrons. The van der Waals surface area contributed by atoms with Gasteiger partial charge in [0.05, 0.1) is 24.8 Å². The van der Waals surface area contributed by atoms with Gasteiger partial charge in [-0.2, -0.15) is 0 Å². The van der Waals surface area contributed by atoms with Crippen molar-refractivity contribution in [1.29, 1.82) is 0 Å². The van der Waals surface area contributed by atoms with Crippen LogP contribution in [0.3, 0.4) is 0 Å². The van der Waals surface area contributed by atoms with Gasteiger partial charge in [0.15, 0.2) is 0 Å². The summed E-state index contributed by atoms with van der Waals surface area (Å²) in [6.45, 7) is 1.49. The number of amides is 2. The second kappa shape index (κ2) is 8.56. The molecule has 2 aromatic rings. The molecule has 1 saturated heterocycles. The van der Waals surface area contributed by atoms with E-state index < -0.39 is 5.97 Å². The van der Waals surface area contributed by atoms with Crippen LogP contribution >= 0.6 is 0 Å². The lowest BCUT2D eigenvalue weighted by atomic mass is 10.1. The Kier molecular flexibility index (Phi) is 5.93. The average molecular weight is 382 g/mol. The summed E-state index contributed by atoms with van der Waals surface area (Å²) in [6.07, 6.45) is 2.01. The first kappa shape index (κ1) is 19.4. The molecule has 0 spiro atoms. The molecule has 0 aliphatic carbocycles. The van der Waals surface area contributed by atoms with Gasteiger partial charge in [0.1, 0.15) is 5.75 Å². The number of carboxylic acids is 1. The van der Waals surface area contributed by atoms with Crippen molar-refractivity contribution < 1.29 is 24.2 Å². The van der Waals surface area contributed by atoms with Gasteiger partial charge in [-0.05, 0) is 48.7 Å². The van der Waals surface area contributed by atoms with Crippen molar-refractivity contribution in [2.45, 2.75) is 19.3 Å². The molecule has 0 saturated carbocycles. The van der Waals surface area contributed by atoms with Crippen LogP contribution in [0.1, 0.15) is 39.1 Å². The third kappa shape index (κ3) is 4.49. The number of rotatable bonds is 6. The van der Waals surface area contributed by atoms with E-state index in [9.17, 15) is 14.4 Å². The van der Waals surface area contributed by atoms with Gasteiger partial charge in [0.2, 0.25) is 5.91 Å². The van der Waals surface area contributed by atoms with Crippen molar-refractivity contribution in [1.82, 2.24) is 4.90 Å². The van der Waals surface area contributed by atoms with Crippen LogP contribution in [-0.4, -0.2) is 48.0 Å². The standard InChI is InChI=1S/C21H22N2O5/c1-28-18-8-7-15(20(25)23-9-2-3-10-23)13-17(18)22-19(24)12-14-5-4-6-16(11-14)21(26)27/h4-8,11,13H,2-3,9-10,12H2,1H3,(H,22,24)(H,26,27). The van der Waals surface area contributed by atoms with E-state index in [0.717, 1.165) is 25.9 Å². The Hall–Kier alpha value is -3.35. The number of hydrogen-bond acceptors (Lipinski definition) is 4. The first-order valence-corrected chi connectivity index (χ1v) is 9.07. The zero-order valence-electron chi connectivity index (χ0n) is 15.6.